The molecule has 3 aromatic carbocycles. The van der Waals surface area contributed by atoms with Gasteiger partial charge in [-0.2, -0.15) is 0 Å². The summed E-state index contributed by atoms with van der Waals surface area (Å²) >= 11 is 0. The van der Waals surface area contributed by atoms with E-state index in [0.717, 1.165) is 11.1 Å². The zero-order chi connectivity index (χ0) is 20.2. The number of benzene rings is 3. The molecular formula is C23H19FN3O2+. The Labute approximate surface area is 167 Å². The van der Waals surface area contributed by atoms with E-state index >= 15 is 0 Å². The summed E-state index contributed by atoms with van der Waals surface area (Å²) in [6.45, 7) is 0. The Hall–Kier alpha value is -3.80. The molecule has 1 aliphatic heterocycles. The number of hydrogen-bond acceptors (Lipinski definition) is 2. The van der Waals surface area contributed by atoms with Crippen LogP contribution in [0.2, 0.25) is 0 Å². The standard InChI is InChI=1S/C23H18FN3O2/c24-19-13-11-16(12-14-19)15-27-21(17-7-3-1-4-8-17)20(23(29)26-27)25-22(28)18-9-5-2-6-10-18/h1-15,20-21H,(H-,25,26,28,29)/p+1/b27-15-/t20-,21+/m1/s1. The molecule has 5 nitrogen and oxygen atoms in total. The van der Waals surface area contributed by atoms with Gasteiger partial charge in [0, 0.05) is 16.7 Å². The lowest BCUT2D eigenvalue weighted by Gasteiger charge is -2.14. The van der Waals surface area contributed by atoms with Crippen molar-refractivity contribution in [3.63, 3.8) is 0 Å². The fourth-order valence-electron chi connectivity index (χ4n) is 3.35. The van der Waals surface area contributed by atoms with Crippen molar-refractivity contribution in [2.45, 2.75) is 12.1 Å². The highest BCUT2D eigenvalue weighted by atomic mass is 19.1. The van der Waals surface area contributed by atoms with Gasteiger partial charge in [-0.3, -0.25) is 9.59 Å². The van der Waals surface area contributed by atoms with Gasteiger partial charge >= 0.3 is 5.91 Å². The van der Waals surface area contributed by atoms with Gasteiger partial charge in [0.15, 0.2) is 6.04 Å². The molecule has 0 bridgehead atoms. The molecule has 0 aliphatic carbocycles. The maximum Gasteiger partial charge on any atom is 0.304 e. The Morgan fingerprint density at radius 3 is 2.21 bits per heavy atom. The van der Waals surface area contributed by atoms with Crippen LogP contribution in [0.5, 0.6) is 0 Å². The predicted octanol–water partition coefficient (Wildman–Crippen LogP) is 2.84. The SMILES string of the molecule is O=C(N[C@H]1C(=O)N/[N+](=C\c2ccc(F)cc2)[C@H]1c1ccccc1)c1ccccc1. The number of halogens is 1. The molecule has 1 fully saturated rings. The van der Waals surface area contributed by atoms with Crippen LogP contribution in [0.1, 0.15) is 27.5 Å². The van der Waals surface area contributed by atoms with Crippen LogP contribution < -0.4 is 10.7 Å². The number of nitrogens with one attached hydrogen (secondary N) is 2. The first kappa shape index (κ1) is 18.6. The van der Waals surface area contributed by atoms with Crippen LogP contribution in [0, 0.1) is 5.82 Å². The van der Waals surface area contributed by atoms with Crippen molar-refractivity contribution in [3.05, 3.63) is 107 Å². The number of carbonyl (C=O) groups excluding carboxylic acids is 2. The van der Waals surface area contributed by atoms with Crippen LogP contribution in [0.3, 0.4) is 0 Å². The molecule has 0 aromatic heterocycles. The minimum Gasteiger partial charge on any atom is -0.334 e. The molecule has 0 spiro atoms. The third-order valence-corrected chi connectivity index (χ3v) is 4.76. The molecule has 1 saturated heterocycles. The van der Waals surface area contributed by atoms with E-state index in [1.807, 2.05) is 36.4 Å². The number of carbonyl (C=O) groups is 2. The Bertz CT molecular complexity index is 1050. The Morgan fingerprint density at radius 1 is 0.931 bits per heavy atom. The van der Waals surface area contributed by atoms with Crippen molar-refractivity contribution >= 4 is 18.0 Å². The number of nitrogens with zero attached hydrogens (tertiary/aromatic N) is 1. The summed E-state index contributed by atoms with van der Waals surface area (Å²) in [6, 6.07) is 22.9. The van der Waals surface area contributed by atoms with Crippen LogP contribution in [0.25, 0.3) is 0 Å². The minimum atomic E-state index is -0.790. The van der Waals surface area contributed by atoms with Gasteiger partial charge in [-0.05, 0) is 36.4 Å². The maximum atomic E-state index is 13.2. The Morgan fingerprint density at radius 2 is 1.55 bits per heavy atom. The minimum absolute atomic E-state index is 0.318. The van der Waals surface area contributed by atoms with Crippen LogP contribution in [0.15, 0.2) is 84.9 Å². The highest BCUT2D eigenvalue weighted by Crippen LogP contribution is 2.25. The molecule has 1 aliphatic rings. The lowest BCUT2D eigenvalue weighted by molar-refractivity contribution is -0.596. The molecule has 0 saturated carbocycles. The van der Waals surface area contributed by atoms with Gasteiger partial charge in [-0.15, -0.1) is 10.1 Å². The van der Waals surface area contributed by atoms with Gasteiger partial charge < -0.3 is 5.32 Å². The lowest BCUT2D eigenvalue weighted by Crippen LogP contribution is -2.42. The number of amides is 2. The van der Waals surface area contributed by atoms with Crippen molar-refractivity contribution < 1.29 is 18.7 Å². The average molecular weight is 388 g/mol. The summed E-state index contributed by atoms with van der Waals surface area (Å²) < 4.78 is 14.9. The molecule has 2 atom stereocenters. The van der Waals surface area contributed by atoms with Gasteiger partial charge in [0.05, 0.1) is 0 Å². The quantitative estimate of drug-likeness (QED) is 0.676. The summed E-state index contributed by atoms with van der Waals surface area (Å²) in [4.78, 5) is 25.4. The third kappa shape index (κ3) is 4.06. The number of hydrazone groups is 1. The number of rotatable bonds is 4. The van der Waals surface area contributed by atoms with Gasteiger partial charge in [-0.25, -0.2) is 4.39 Å². The van der Waals surface area contributed by atoms with Gasteiger partial charge in [0.1, 0.15) is 5.82 Å². The molecule has 1 heterocycles. The predicted molar refractivity (Wildman–Crippen MR) is 107 cm³/mol. The van der Waals surface area contributed by atoms with Gasteiger partial charge in [-0.1, -0.05) is 48.5 Å². The monoisotopic (exact) mass is 388 g/mol. The summed E-state index contributed by atoms with van der Waals surface area (Å²) in [5.41, 5.74) is 4.87. The zero-order valence-corrected chi connectivity index (χ0v) is 15.5. The second kappa shape index (κ2) is 8.06. The van der Waals surface area contributed by atoms with Crippen molar-refractivity contribution in [1.82, 2.24) is 10.7 Å². The van der Waals surface area contributed by atoms with Gasteiger partial charge in [0.2, 0.25) is 12.3 Å². The van der Waals surface area contributed by atoms with Gasteiger partial charge in [0.25, 0.3) is 5.91 Å². The van der Waals surface area contributed by atoms with Crippen LogP contribution in [-0.4, -0.2) is 28.8 Å². The Balaban J connectivity index is 1.69. The van der Waals surface area contributed by atoms with E-state index in [0.29, 0.717) is 5.56 Å². The normalized spacial score (nSPS) is 19.8. The first-order chi connectivity index (χ1) is 14.1. The molecule has 4 rings (SSSR count). The second-order valence-electron chi connectivity index (χ2n) is 6.74. The van der Waals surface area contributed by atoms with E-state index < -0.39 is 12.1 Å². The topological polar surface area (TPSA) is 61.2 Å². The largest absolute Gasteiger partial charge is 0.334 e. The molecule has 0 radical (unpaired) electrons. The number of hydrogen-bond donors (Lipinski definition) is 2. The first-order valence-corrected chi connectivity index (χ1v) is 9.22. The van der Waals surface area contributed by atoms with Crippen LogP contribution in [0.4, 0.5) is 4.39 Å². The summed E-state index contributed by atoms with van der Waals surface area (Å²) in [5, 5.41) is 2.85. The highest BCUT2D eigenvalue weighted by molar-refractivity contribution is 5.98. The summed E-state index contributed by atoms with van der Waals surface area (Å²) in [7, 11) is 0. The molecule has 6 heteroatoms. The molecule has 144 valence electrons. The van der Waals surface area contributed by atoms with Crippen molar-refractivity contribution in [1.29, 1.82) is 0 Å². The molecule has 0 unspecified atom stereocenters. The van der Waals surface area contributed by atoms with E-state index in [9.17, 15) is 14.0 Å². The van der Waals surface area contributed by atoms with E-state index in [-0.39, 0.29) is 17.6 Å². The fraction of sp³-hybridized carbons (Fsp3) is 0.0870. The van der Waals surface area contributed by atoms with E-state index in [2.05, 4.69) is 10.7 Å². The summed E-state index contributed by atoms with van der Waals surface area (Å²) in [5.74, 6) is -0.975. The fourth-order valence-corrected chi connectivity index (χ4v) is 3.35. The van der Waals surface area contributed by atoms with Crippen molar-refractivity contribution in [3.8, 4) is 0 Å². The van der Waals surface area contributed by atoms with E-state index in [4.69, 9.17) is 0 Å². The zero-order valence-electron chi connectivity index (χ0n) is 15.5. The molecule has 2 amide bonds. The average Bonchev–Trinajstić information content (AvgIpc) is 3.05. The third-order valence-electron chi connectivity index (χ3n) is 4.76. The molecular weight excluding hydrogens is 369 g/mol. The molecule has 3 aromatic rings. The lowest BCUT2D eigenvalue weighted by atomic mass is 10.00. The van der Waals surface area contributed by atoms with Crippen molar-refractivity contribution in [2.75, 3.05) is 0 Å². The van der Waals surface area contributed by atoms with E-state index in [1.54, 1.807) is 47.3 Å². The number of hydrazine groups is 1. The maximum absolute atomic E-state index is 13.2. The molecule has 29 heavy (non-hydrogen) atoms. The Kier molecular flexibility index (Phi) is 5.16. The van der Waals surface area contributed by atoms with Crippen LogP contribution in [-0.2, 0) is 4.79 Å². The van der Waals surface area contributed by atoms with Crippen LogP contribution >= 0.6 is 0 Å². The summed E-state index contributed by atoms with van der Waals surface area (Å²) in [6.07, 6.45) is 1.73. The highest BCUT2D eigenvalue weighted by Gasteiger charge is 2.47. The van der Waals surface area contributed by atoms with Crippen molar-refractivity contribution in [2.24, 2.45) is 0 Å². The van der Waals surface area contributed by atoms with E-state index in [1.165, 1.54) is 12.1 Å². The second-order valence-corrected chi connectivity index (χ2v) is 6.74. The molecule has 2 N–H and O–H groups in total. The smallest absolute Gasteiger partial charge is 0.304 e. The first-order valence-electron chi connectivity index (χ1n) is 9.22.